The number of hydrogen-bond donors (Lipinski definition) is 1. The third kappa shape index (κ3) is 3.72. The molecule has 0 unspecified atom stereocenters. The molecule has 19 heavy (non-hydrogen) atoms. The van der Waals surface area contributed by atoms with Gasteiger partial charge in [-0.1, -0.05) is 19.8 Å². The lowest BCUT2D eigenvalue weighted by Crippen LogP contribution is -2.49. The van der Waals surface area contributed by atoms with Gasteiger partial charge in [-0.3, -0.25) is 0 Å². The van der Waals surface area contributed by atoms with Crippen LogP contribution in [0.5, 0.6) is 0 Å². The molecule has 3 fully saturated rings. The summed E-state index contributed by atoms with van der Waals surface area (Å²) in [6.07, 6.45) is 15.5. The molecule has 2 heteroatoms. The maximum absolute atomic E-state index is 6.56. The predicted molar refractivity (Wildman–Crippen MR) is 79.3 cm³/mol. The lowest BCUT2D eigenvalue weighted by atomic mass is 9.76. The Kier molecular flexibility index (Phi) is 4.48. The summed E-state index contributed by atoms with van der Waals surface area (Å²) in [6.45, 7) is 3.44. The first-order valence-electron chi connectivity index (χ1n) is 8.71. The topological polar surface area (TPSA) is 21.3 Å². The van der Waals surface area contributed by atoms with Gasteiger partial charge in [0.15, 0.2) is 0 Å². The normalized spacial score (nSPS) is 36.2. The van der Waals surface area contributed by atoms with Crippen molar-refractivity contribution in [2.45, 2.75) is 95.3 Å². The Morgan fingerprint density at radius 3 is 2.32 bits per heavy atom. The highest BCUT2D eigenvalue weighted by atomic mass is 16.5. The molecule has 2 nitrogen and oxygen atoms in total. The van der Waals surface area contributed by atoms with E-state index < -0.39 is 0 Å². The van der Waals surface area contributed by atoms with E-state index in [2.05, 4.69) is 12.2 Å². The van der Waals surface area contributed by atoms with Gasteiger partial charge in [-0.15, -0.1) is 0 Å². The fourth-order valence-corrected chi connectivity index (χ4v) is 3.70. The molecular weight excluding hydrogens is 234 g/mol. The zero-order valence-corrected chi connectivity index (χ0v) is 12.6. The van der Waals surface area contributed by atoms with Gasteiger partial charge in [0, 0.05) is 12.6 Å². The van der Waals surface area contributed by atoms with Crippen LogP contribution in [0.3, 0.4) is 0 Å². The second kappa shape index (κ2) is 6.13. The van der Waals surface area contributed by atoms with Gasteiger partial charge in [0.05, 0.1) is 11.7 Å². The van der Waals surface area contributed by atoms with Crippen molar-refractivity contribution in [1.29, 1.82) is 0 Å². The highest BCUT2D eigenvalue weighted by molar-refractivity contribution is 4.94. The summed E-state index contributed by atoms with van der Waals surface area (Å²) in [7, 11) is 0. The Morgan fingerprint density at radius 1 is 1.05 bits per heavy atom. The van der Waals surface area contributed by atoms with E-state index in [4.69, 9.17) is 4.74 Å². The van der Waals surface area contributed by atoms with Gasteiger partial charge in [0.1, 0.15) is 0 Å². The van der Waals surface area contributed by atoms with E-state index in [0.29, 0.717) is 6.10 Å². The van der Waals surface area contributed by atoms with Crippen molar-refractivity contribution < 1.29 is 4.74 Å². The average molecular weight is 265 g/mol. The molecule has 0 aromatic carbocycles. The second-order valence-electron chi connectivity index (χ2n) is 7.24. The van der Waals surface area contributed by atoms with Crippen molar-refractivity contribution in [2.75, 3.05) is 6.54 Å². The minimum absolute atomic E-state index is 0.192. The van der Waals surface area contributed by atoms with Crippen molar-refractivity contribution in [3.8, 4) is 0 Å². The lowest BCUT2D eigenvalue weighted by molar-refractivity contribution is -0.141. The minimum atomic E-state index is 0.192. The molecule has 0 saturated heterocycles. The van der Waals surface area contributed by atoms with Crippen molar-refractivity contribution >= 4 is 0 Å². The third-order valence-electron chi connectivity index (χ3n) is 5.47. The first-order valence-corrected chi connectivity index (χ1v) is 8.71. The lowest BCUT2D eigenvalue weighted by Gasteiger charge is -2.44. The molecule has 0 aromatic heterocycles. The molecule has 0 spiro atoms. The smallest absolute Gasteiger partial charge is 0.0810 e. The summed E-state index contributed by atoms with van der Waals surface area (Å²) in [5, 5.41) is 3.74. The Hall–Kier alpha value is -0.0800. The molecule has 0 aromatic rings. The molecule has 3 aliphatic rings. The molecule has 3 rings (SSSR count). The van der Waals surface area contributed by atoms with Crippen LogP contribution in [0.2, 0.25) is 0 Å². The molecule has 1 N–H and O–H groups in total. The first-order chi connectivity index (χ1) is 9.30. The van der Waals surface area contributed by atoms with E-state index in [1.807, 2.05) is 0 Å². The third-order valence-corrected chi connectivity index (χ3v) is 5.47. The van der Waals surface area contributed by atoms with Crippen molar-refractivity contribution in [2.24, 2.45) is 5.92 Å². The SMILES string of the molecule is CCCC1CCC(CNC2CC2)(OC2CCC2)CC1. The van der Waals surface area contributed by atoms with Crippen molar-refractivity contribution in [3.05, 3.63) is 0 Å². The van der Waals surface area contributed by atoms with Crippen LogP contribution in [-0.2, 0) is 4.74 Å². The molecule has 0 radical (unpaired) electrons. The van der Waals surface area contributed by atoms with Crippen molar-refractivity contribution in [3.63, 3.8) is 0 Å². The van der Waals surface area contributed by atoms with Crippen LogP contribution in [0.15, 0.2) is 0 Å². The van der Waals surface area contributed by atoms with E-state index in [1.165, 1.54) is 70.6 Å². The van der Waals surface area contributed by atoms with Gasteiger partial charge in [-0.2, -0.15) is 0 Å². The average Bonchev–Trinajstić information content (AvgIpc) is 3.19. The van der Waals surface area contributed by atoms with Crippen LogP contribution in [0.25, 0.3) is 0 Å². The van der Waals surface area contributed by atoms with Crippen LogP contribution in [0.1, 0.15) is 77.6 Å². The quantitative estimate of drug-likeness (QED) is 0.750. The van der Waals surface area contributed by atoms with Crippen LogP contribution >= 0.6 is 0 Å². The number of rotatable bonds is 7. The van der Waals surface area contributed by atoms with E-state index in [-0.39, 0.29) is 5.60 Å². The molecule has 0 bridgehead atoms. The molecular formula is C17H31NO. The molecule has 0 aliphatic heterocycles. The molecule has 0 amide bonds. The summed E-state index contributed by atoms with van der Waals surface area (Å²) in [5.74, 6) is 0.976. The molecule has 0 atom stereocenters. The maximum atomic E-state index is 6.56. The van der Waals surface area contributed by atoms with Gasteiger partial charge in [0.25, 0.3) is 0 Å². The standard InChI is InChI=1S/C17H31NO/c1-2-4-14-9-11-17(12-10-14,13-18-15-7-8-15)19-16-5-3-6-16/h14-16,18H,2-13H2,1H3. The van der Waals surface area contributed by atoms with Gasteiger partial charge in [-0.05, 0) is 63.7 Å². The summed E-state index contributed by atoms with van der Waals surface area (Å²) in [6, 6.07) is 0.815. The maximum Gasteiger partial charge on any atom is 0.0810 e. The predicted octanol–water partition coefficient (Wildman–Crippen LogP) is 4.04. The van der Waals surface area contributed by atoms with E-state index >= 15 is 0 Å². The van der Waals surface area contributed by atoms with E-state index in [0.717, 1.165) is 18.5 Å². The van der Waals surface area contributed by atoms with Gasteiger partial charge in [-0.25, -0.2) is 0 Å². The Morgan fingerprint density at radius 2 is 1.79 bits per heavy atom. The van der Waals surface area contributed by atoms with E-state index in [9.17, 15) is 0 Å². The zero-order chi connectivity index (χ0) is 13.1. The highest BCUT2D eigenvalue weighted by Gasteiger charge is 2.40. The summed E-state index contributed by atoms with van der Waals surface area (Å²) >= 11 is 0. The van der Waals surface area contributed by atoms with Crippen LogP contribution in [0.4, 0.5) is 0 Å². The largest absolute Gasteiger partial charge is 0.370 e. The second-order valence-corrected chi connectivity index (χ2v) is 7.24. The fraction of sp³-hybridized carbons (Fsp3) is 1.00. The zero-order valence-electron chi connectivity index (χ0n) is 12.6. The summed E-state index contributed by atoms with van der Waals surface area (Å²) in [5.41, 5.74) is 0.192. The monoisotopic (exact) mass is 265 g/mol. The molecule has 3 saturated carbocycles. The van der Waals surface area contributed by atoms with Gasteiger partial charge < -0.3 is 10.1 Å². The van der Waals surface area contributed by atoms with Gasteiger partial charge >= 0.3 is 0 Å². The summed E-state index contributed by atoms with van der Waals surface area (Å²) in [4.78, 5) is 0. The summed E-state index contributed by atoms with van der Waals surface area (Å²) < 4.78 is 6.56. The van der Waals surface area contributed by atoms with Crippen molar-refractivity contribution in [1.82, 2.24) is 5.32 Å². The number of nitrogens with one attached hydrogen (secondary N) is 1. The fourth-order valence-electron chi connectivity index (χ4n) is 3.70. The Balaban J connectivity index is 1.52. The molecule has 3 aliphatic carbocycles. The van der Waals surface area contributed by atoms with Crippen LogP contribution < -0.4 is 5.32 Å². The number of ether oxygens (including phenoxy) is 1. The minimum Gasteiger partial charge on any atom is -0.370 e. The number of hydrogen-bond acceptors (Lipinski definition) is 2. The molecule has 110 valence electrons. The highest BCUT2D eigenvalue weighted by Crippen LogP contribution is 2.40. The Labute approximate surface area is 118 Å². The van der Waals surface area contributed by atoms with E-state index in [1.54, 1.807) is 0 Å². The van der Waals surface area contributed by atoms with Crippen LogP contribution in [-0.4, -0.2) is 24.3 Å². The first kappa shape index (κ1) is 13.9. The van der Waals surface area contributed by atoms with Gasteiger partial charge in [0.2, 0.25) is 0 Å². The van der Waals surface area contributed by atoms with Crippen LogP contribution in [0, 0.1) is 5.92 Å². The molecule has 0 heterocycles. The Bertz CT molecular complexity index is 275.